The molecule has 0 aliphatic rings. The first-order valence-electron chi connectivity index (χ1n) is 8.48. The molecule has 0 unspecified atom stereocenters. The first-order chi connectivity index (χ1) is 13.9. The molecular weight excluding hydrogens is 440 g/mol. The SMILES string of the molecule is O=C(/C=C/c1ccc(C(=O)OCc2cc(=O)c(O)co2)cc1)c1ccc(Br)cc1. The monoisotopic (exact) mass is 454 g/mol. The molecule has 1 N–H and O–H groups in total. The van der Waals surface area contributed by atoms with Crippen molar-refractivity contribution >= 4 is 33.8 Å². The molecule has 1 heterocycles. The van der Waals surface area contributed by atoms with Gasteiger partial charge < -0.3 is 14.3 Å². The van der Waals surface area contributed by atoms with Crippen molar-refractivity contribution in [1.82, 2.24) is 0 Å². The average molecular weight is 455 g/mol. The number of hydrogen-bond acceptors (Lipinski definition) is 6. The molecule has 0 amide bonds. The van der Waals surface area contributed by atoms with Crippen LogP contribution >= 0.6 is 15.9 Å². The molecule has 146 valence electrons. The lowest BCUT2D eigenvalue weighted by molar-refractivity contribution is 0.0442. The van der Waals surface area contributed by atoms with Crippen LogP contribution in [0.25, 0.3) is 6.08 Å². The minimum atomic E-state index is -0.615. The zero-order valence-corrected chi connectivity index (χ0v) is 16.6. The maximum absolute atomic E-state index is 12.1. The summed E-state index contributed by atoms with van der Waals surface area (Å²) in [5.41, 5.74) is 1.01. The van der Waals surface area contributed by atoms with E-state index in [9.17, 15) is 14.4 Å². The van der Waals surface area contributed by atoms with Gasteiger partial charge >= 0.3 is 5.97 Å². The molecular formula is C22H15BrO6. The fourth-order valence-electron chi connectivity index (χ4n) is 2.35. The summed E-state index contributed by atoms with van der Waals surface area (Å²) in [6.07, 6.45) is 4.01. The number of halogens is 1. The Bertz CT molecular complexity index is 1110. The Morgan fingerprint density at radius 2 is 1.69 bits per heavy atom. The molecule has 29 heavy (non-hydrogen) atoms. The van der Waals surface area contributed by atoms with Gasteiger partial charge in [0, 0.05) is 16.1 Å². The van der Waals surface area contributed by atoms with Crippen LogP contribution in [0.3, 0.4) is 0 Å². The van der Waals surface area contributed by atoms with Crippen LogP contribution in [0.15, 0.2) is 80.6 Å². The van der Waals surface area contributed by atoms with Crippen molar-refractivity contribution in [2.75, 3.05) is 0 Å². The summed E-state index contributed by atoms with van der Waals surface area (Å²) in [4.78, 5) is 35.6. The van der Waals surface area contributed by atoms with Gasteiger partial charge in [0.2, 0.25) is 5.43 Å². The van der Waals surface area contributed by atoms with Gasteiger partial charge in [-0.05, 0) is 48.0 Å². The van der Waals surface area contributed by atoms with Crippen molar-refractivity contribution < 1.29 is 23.8 Å². The molecule has 6 nitrogen and oxygen atoms in total. The van der Waals surface area contributed by atoms with E-state index in [-0.39, 0.29) is 18.2 Å². The maximum Gasteiger partial charge on any atom is 0.338 e. The van der Waals surface area contributed by atoms with Crippen LogP contribution < -0.4 is 5.43 Å². The molecule has 0 aliphatic heterocycles. The minimum Gasteiger partial charge on any atom is -0.502 e. The van der Waals surface area contributed by atoms with E-state index in [1.807, 2.05) is 0 Å². The topological polar surface area (TPSA) is 93.8 Å². The molecule has 0 saturated carbocycles. The Balaban J connectivity index is 1.59. The third kappa shape index (κ3) is 5.52. The number of ketones is 1. The van der Waals surface area contributed by atoms with E-state index in [1.165, 1.54) is 6.08 Å². The molecule has 0 saturated heterocycles. The van der Waals surface area contributed by atoms with Crippen molar-refractivity contribution in [3.05, 3.63) is 104 Å². The van der Waals surface area contributed by atoms with Gasteiger partial charge in [-0.2, -0.15) is 0 Å². The highest BCUT2D eigenvalue weighted by atomic mass is 79.9. The van der Waals surface area contributed by atoms with Crippen LogP contribution in [-0.4, -0.2) is 16.9 Å². The molecule has 7 heteroatoms. The molecule has 3 rings (SSSR count). The zero-order chi connectivity index (χ0) is 20.8. The second kappa shape index (κ2) is 9.16. The summed E-state index contributed by atoms with van der Waals surface area (Å²) in [7, 11) is 0. The fraction of sp³-hybridized carbons (Fsp3) is 0.0455. The molecule has 1 aromatic heterocycles. The van der Waals surface area contributed by atoms with Crippen molar-refractivity contribution in [3.63, 3.8) is 0 Å². The number of hydrogen-bond donors (Lipinski definition) is 1. The van der Waals surface area contributed by atoms with Crippen LogP contribution in [0.1, 0.15) is 32.0 Å². The normalized spacial score (nSPS) is 10.8. The zero-order valence-electron chi connectivity index (χ0n) is 15.0. The van der Waals surface area contributed by atoms with Crippen LogP contribution in [0.2, 0.25) is 0 Å². The molecule has 0 radical (unpaired) electrons. The van der Waals surface area contributed by atoms with E-state index >= 15 is 0 Å². The second-order valence-corrected chi connectivity index (χ2v) is 6.91. The summed E-state index contributed by atoms with van der Waals surface area (Å²) >= 11 is 3.32. The van der Waals surface area contributed by atoms with Crippen molar-refractivity contribution in [2.45, 2.75) is 6.61 Å². The summed E-state index contributed by atoms with van der Waals surface area (Å²) in [6, 6.07) is 14.6. The smallest absolute Gasteiger partial charge is 0.338 e. The van der Waals surface area contributed by atoms with Gasteiger partial charge in [0.25, 0.3) is 0 Å². The maximum atomic E-state index is 12.1. The average Bonchev–Trinajstić information content (AvgIpc) is 2.73. The lowest BCUT2D eigenvalue weighted by atomic mass is 10.1. The number of aromatic hydroxyl groups is 1. The Kier molecular flexibility index (Phi) is 6.41. The van der Waals surface area contributed by atoms with E-state index in [2.05, 4.69) is 15.9 Å². The van der Waals surface area contributed by atoms with Crippen molar-refractivity contribution in [1.29, 1.82) is 0 Å². The number of esters is 1. The van der Waals surface area contributed by atoms with E-state index < -0.39 is 17.1 Å². The molecule has 3 aromatic rings. The van der Waals surface area contributed by atoms with Gasteiger partial charge in [0.1, 0.15) is 18.6 Å². The minimum absolute atomic E-state index is 0.118. The van der Waals surface area contributed by atoms with Gasteiger partial charge in [-0.25, -0.2) is 4.79 Å². The van der Waals surface area contributed by atoms with Crippen LogP contribution in [-0.2, 0) is 11.3 Å². The van der Waals surface area contributed by atoms with Gasteiger partial charge in [-0.3, -0.25) is 9.59 Å². The standard InChI is InChI=1S/C22H15BrO6/c23-17-8-6-15(7-9-17)19(24)10-3-14-1-4-16(5-2-14)22(27)29-12-18-11-20(25)21(26)13-28-18/h1-11,13,26H,12H2/b10-3+. The molecule has 0 atom stereocenters. The summed E-state index contributed by atoms with van der Waals surface area (Å²) in [5.74, 6) is -1.12. The highest BCUT2D eigenvalue weighted by Crippen LogP contribution is 2.13. The van der Waals surface area contributed by atoms with E-state index in [0.29, 0.717) is 11.1 Å². The second-order valence-electron chi connectivity index (χ2n) is 6.00. The number of allylic oxidation sites excluding steroid dienone is 1. The number of benzene rings is 2. The molecule has 0 bridgehead atoms. The van der Waals surface area contributed by atoms with Crippen LogP contribution in [0.4, 0.5) is 0 Å². The molecule has 0 aliphatic carbocycles. The largest absolute Gasteiger partial charge is 0.502 e. The third-order valence-electron chi connectivity index (χ3n) is 3.91. The van der Waals surface area contributed by atoms with Gasteiger partial charge in [-0.15, -0.1) is 0 Å². The Labute approximate surface area is 174 Å². The predicted octanol–water partition coefficient (Wildman–Crippen LogP) is 4.36. The summed E-state index contributed by atoms with van der Waals surface area (Å²) in [5, 5.41) is 9.14. The van der Waals surface area contributed by atoms with Crippen LogP contribution in [0, 0.1) is 0 Å². The highest BCUT2D eigenvalue weighted by Gasteiger charge is 2.09. The lowest BCUT2D eigenvalue weighted by Crippen LogP contribution is -2.07. The quantitative estimate of drug-likeness (QED) is 0.337. The van der Waals surface area contributed by atoms with Crippen LogP contribution in [0.5, 0.6) is 5.75 Å². The lowest BCUT2D eigenvalue weighted by Gasteiger charge is -2.04. The highest BCUT2D eigenvalue weighted by molar-refractivity contribution is 9.10. The van der Waals surface area contributed by atoms with E-state index in [0.717, 1.165) is 22.4 Å². The Morgan fingerprint density at radius 3 is 2.34 bits per heavy atom. The third-order valence-corrected chi connectivity index (χ3v) is 4.44. The predicted molar refractivity (Wildman–Crippen MR) is 110 cm³/mol. The van der Waals surface area contributed by atoms with E-state index in [1.54, 1.807) is 54.6 Å². The van der Waals surface area contributed by atoms with Crippen molar-refractivity contribution in [3.8, 4) is 5.75 Å². The first kappa shape index (κ1) is 20.3. The summed E-state index contributed by atoms with van der Waals surface area (Å²) in [6.45, 7) is -0.238. The van der Waals surface area contributed by atoms with Crippen molar-refractivity contribution in [2.24, 2.45) is 0 Å². The summed E-state index contributed by atoms with van der Waals surface area (Å²) < 4.78 is 11.0. The van der Waals surface area contributed by atoms with E-state index in [4.69, 9.17) is 14.3 Å². The fourth-order valence-corrected chi connectivity index (χ4v) is 2.62. The van der Waals surface area contributed by atoms with Gasteiger partial charge in [0.05, 0.1) is 5.56 Å². The molecule has 0 fully saturated rings. The molecule has 2 aromatic carbocycles. The number of ether oxygens (including phenoxy) is 1. The Morgan fingerprint density at radius 1 is 1.03 bits per heavy atom. The number of rotatable bonds is 6. The number of carbonyl (C=O) groups excluding carboxylic acids is 2. The van der Waals surface area contributed by atoms with Gasteiger partial charge in [-0.1, -0.05) is 34.1 Å². The number of carbonyl (C=O) groups is 2. The van der Waals surface area contributed by atoms with Gasteiger partial charge in [0.15, 0.2) is 11.5 Å². The first-order valence-corrected chi connectivity index (χ1v) is 9.27. The Hall–Kier alpha value is -3.45. The molecule has 0 spiro atoms.